The molecule has 1 rings (SSSR count). The van der Waals surface area contributed by atoms with Crippen LogP contribution in [0.5, 0.6) is 0 Å². The molecule has 0 radical (unpaired) electrons. The largest absolute Gasteiger partial charge is 0.315 e. The molecule has 0 spiro atoms. The van der Waals surface area contributed by atoms with Crippen molar-refractivity contribution < 1.29 is 0 Å². The summed E-state index contributed by atoms with van der Waals surface area (Å²) in [5, 5.41) is 10.6. The maximum atomic E-state index is 3.60. The molecule has 4 nitrogen and oxygen atoms in total. The van der Waals surface area contributed by atoms with Crippen molar-refractivity contribution in [1.82, 2.24) is 20.9 Å². The van der Waals surface area contributed by atoms with Crippen LogP contribution >= 0.6 is 0 Å². The van der Waals surface area contributed by atoms with Crippen LogP contribution in [-0.4, -0.2) is 63.8 Å². The molecule has 24 heavy (non-hydrogen) atoms. The van der Waals surface area contributed by atoms with E-state index in [9.17, 15) is 0 Å². The van der Waals surface area contributed by atoms with Crippen molar-refractivity contribution in [2.24, 2.45) is 0 Å². The van der Waals surface area contributed by atoms with Gasteiger partial charge in [-0.1, -0.05) is 51.9 Å². The molecule has 3 N–H and O–H groups in total. The monoisotopic (exact) mass is 340 g/mol. The van der Waals surface area contributed by atoms with Crippen LogP contribution in [0.25, 0.3) is 0 Å². The molecule has 1 fully saturated rings. The normalized spacial score (nSPS) is 19.9. The number of hydrogen-bond acceptors (Lipinski definition) is 4. The van der Waals surface area contributed by atoms with Crippen LogP contribution in [0.3, 0.4) is 0 Å². The minimum Gasteiger partial charge on any atom is -0.315 e. The summed E-state index contributed by atoms with van der Waals surface area (Å²) in [7, 11) is 0. The van der Waals surface area contributed by atoms with E-state index in [0.29, 0.717) is 0 Å². The van der Waals surface area contributed by atoms with Crippen LogP contribution in [0, 0.1) is 0 Å². The predicted octanol–water partition coefficient (Wildman–Crippen LogP) is 2.99. The Hall–Kier alpha value is -0.160. The molecule has 0 amide bonds. The summed E-state index contributed by atoms with van der Waals surface area (Å²) in [5.74, 6) is 0. The first kappa shape index (κ1) is 21.9. The first-order valence-electron chi connectivity index (χ1n) is 10.8. The molecule has 4 heteroatoms. The van der Waals surface area contributed by atoms with E-state index in [4.69, 9.17) is 0 Å². The fourth-order valence-electron chi connectivity index (χ4n) is 3.36. The number of nitrogens with one attached hydrogen (secondary N) is 3. The summed E-state index contributed by atoms with van der Waals surface area (Å²) in [6.45, 7) is 12.8. The molecule has 1 saturated heterocycles. The lowest BCUT2D eigenvalue weighted by atomic mass is 10.1. The van der Waals surface area contributed by atoms with Crippen molar-refractivity contribution in [3.05, 3.63) is 0 Å². The molecule has 0 aliphatic carbocycles. The summed E-state index contributed by atoms with van der Waals surface area (Å²) in [6.07, 6.45) is 13.8. The topological polar surface area (TPSA) is 39.3 Å². The average molecular weight is 341 g/mol. The quantitative estimate of drug-likeness (QED) is 0.564. The van der Waals surface area contributed by atoms with Gasteiger partial charge in [0.2, 0.25) is 0 Å². The molecular formula is C20H44N4. The summed E-state index contributed by atoms with van der Waals surface area (Å²) < 4.78 is 0. The average Bonchev–Trinajstić information content (AvgIpc) is 2.60. The minimum absolute atomic E-state index is 1.10. The van der Waals surface area contributed by atoms with Gasteiger partial charge >= 0.3 is 0 Å². The van der Waals surface area contributed by atoms with Gasteiger partial charge in [0.05, 0.1) is 0 Å². The van der Waals surface area contributed by atoms with Crippen molar-refractivity contribution in [3.63, 3.8) is 0 Å². The third-order valence-corrected chi connectivity index (χ3v) is 4.95. The summed E-state index contributed by atoms with van der Waals surface area (Å²) in [6, 6.07) is 0. The predicted molar refractivity (Wildman–Crippen MR) is 107 cm³/mol. The van der Waals surface area contributed by atoms with Crippen LogP contribution < -0.4 is 16.0 Å². The molecule has 144 valence electrons. The Balaban J connectivity index is 2.07. The SMILES string of the molecule is CCCCCCCCCCN1CCCNCCNCCCNCC1. The van der Waals surface area contributed by atoms with Gasteiger partial charge in [0.25, 0.3) is 0 Å². The highest BCUT2D eigenvalue weighted by molar-refractivity contribution is 4.64. The number of hydrogen-bond donors (Lipinski definition) is 3. The molecule has 0 unspecified atom stereocenters. The van der Waals surface area contributed by atoms with Gasteiger partial charge in [-0.25, -0.2) is 0 Å². The lowest BCUT2D eigenvalue weighted by molar-refractivity contribution is 0.261. The highest BCUT2D eigenvalue weighted by Crippen LogP contribution is 2.09. The fraction of sp³-hybridized carbons (Fsp3) is 1.00. The first-order chi connectivity index (χ1) is 11.9. The van der Waals surface area contributed by atoms with E-state index in [1.165, 1.54) is 83.8 Å². The van der Waals surface area contributed by atoms with Gasteiger partial charge in [0, 0.05) is 26.2 Å². The number of rotatable bonds is 9. The van der Waals surface area contributed by atoms with Crippen molar-refractivity contribution >= 4 is 0 Å². The van der Waals surface area contributed by atoms with E-state index in [-0.39, 0.29) is 0 Å². The molecular weight excluding hydrogens is 296 g/mol. The zero-order chi connectivity index (χ0) is 17.1. The Bertz CT molecular complexity index is 234. The van der Waals surface area contributed by atoms with Crippen molar-refractivity contribution in [2.45, 2.75) is 71.1 Å². The summed E-state index contributed by atoms with van der Waals surface area (Å²) in [5.41, 5.74) is 0. The smallest absolute Gasteiger partial charge is 0.0107 e. The molecule has 0 aromatic heterocycles. The Morgan fingerprint density at radius 1 is 0.583 bits per heavy atom. The molecule has 0 aromatic carbocycles. The molecule has 1 heterocycles. The number of nitrogens with zero attached hydrogens (tertiary/aromatic N) is 1. The fourth-order valence-corrected chi connectivity index (χ4v) is 3.36. The van der Waals surface area contributed by atoms with Crippen LogP contribution in [0.15, 0.2) is 0 Å². The first-order valence-corrected chi connectivity index (χ1v) is 10.8. The van der Waals surface area contributed by atoms with Gasteiger partial charge in [0.1, 0.15) is 0 Å². The van der Waals surface area contributed by atoms with E-state index in [2.05, 4.69) is 27.8 Å². The third kappa shape index (κ3) is 14.2. The van der Waals surface area contributed by atoms with Crippen LogP contribution in [-0.2, 0) is 0 Å². The Kier molecular flexibility index (Phi) is 16.1. The lowest BCUT2D eigenvalue weighted by Gasteiger charge is -2.23. The van der Waals surface area contributed by atoms with Gasteiger partial charge < -0.3 is 20.9 Å². The van der Waals surface area contributed by atoms with E-state index < -0.39 is 0 Å². The molecule has 0 bridgehead atoms. The summed E-state index contributed by atoms with van der Waals surface area (Å²) >= 11 is 0. The lowest BCUT2D eigenvalue weighted by Crippen LogP contribution is -2.37. The second-order valence-electron chi connectivity index (χ2n) is 7.27. The second kappa shape index (κ2) is 17.7. The van der Waals surface area contributed by atoms with Gasteiger partial charge in [-0.05, 0) is 52.0 Å². The van der Waals surface area contributed by atoms with Gasteiger partial charge in [-0.15, -0.1) is 0 Å². The second-order valence-corrected chi connectivity index (χ2v) is 7.27. The molecule has 0 saturated carbocycles. The minimum atomic E-state index is 1.10. The van der Waals surface area contributed by atoms with Crippen molar-refractivity contribution in [2.75, 3.05) is 58.9 Å². The van der Waals surface area contributed by atoms with Crippen LogP contribution in [0.2, 0.25) is 0 Å². The van der Waals surface area contributed by atoms with Crippen molar-refractivity contribution in [1.29, 1.82) is 0 Å². The Labute approximate surface area is 151 Å². The number of unbranched alkanes of at least 4 members (excludes halogenated alkanes) is 7. The van der Waals surface area contributed by atoms with Gasteiger partial charge in [-0.3, -0.25) is 0 Å². The highest BCUT2D eigenvalue weighted by Gasteiger charge is 2.05. The van der Waals surface area contributed by atoms with Gasteiger partial charge in [-0.2, -0.15) is 0 Å². The summed E-state index contributed by atoms with van der Waals surface area (Å²) in [4.78, 5) is 2.68. The molecule has 0 aromatic rings. The van der Waals surface area contributed by atoms with E-state index in [1.807, 2.05) is 0 Å². The van der Waals surface area contributed by atoms with E-state index in [0.717, 1.165) is 39.3 Å². The molecule has 0 atom stereocenters. The van der Waals surface area contributed by atoms with E-state index in [1.54, 1.807) is 0 Å². The van der Waals surface area contributed by atoms with E-state index >= 15 is 0 Å². The highest BCUT2D eigenvalue weighted by atomic mass is 15.1. The van der Waals surface area contributed by atoms with Gasteiger partial charge in [0.15, 0.2) is 0 Å². The standard InChI is InChI=1S/C20H44N4/c1-2-3-4-5-6-7-8-9-18-24-19-11-14-22-16-15-21-12-10-13-23-17-20-24/h21-23H,2-20H2,1H3. The Morgan fingerprint density at radius 2 is 1.17 bits per heavy atom. The van der Waals surface area contributed by atoms with Crippen molar-refractivity contribution in [3.8, 4) is 0 Å². The Morgan fingerprint density at radius 3 is 1.88 bits per heavy atom. The zero-order valence-corrected chi connectivity index (χ0v) is 16.4. The maximum absolute atomic E-state index is 3.60. The third-order valence-electron chi connectivity index (χ3n) is 4.95. The molecule has 1 aliphatic heterocycles. The molecule has 1 aliphatic rings. The zero-order valence-electron chi connectivity index (χ0n) is 16.4. The van der Waals surface area contributed by atoms with Crippen LogP contribution in [0.4, 0.5) is 0 Å². The maximum Gasteiger partial charge on any atom is 0.0107 e. The van der Waals surface area contributed by atoms with Crippen LogP contribution in [0.1, 0.15) is 71.1 Å².